The highest BCUT2D eigenvalue weighted by Crippen LogP contribution is 2.11. The van der Waals surface area contributed by atoms with Crippen LogP contribution in [0, 0.1) is 0 Å². The maximum Gasteiger partial charge on any atom is 0.290 e. The van der Waals surface area contributed by atoms with Gasteiger partial charge in [-0.1, -0.05) is 20.8 Å². The molecule has 0 spiro atoms. The molecule has 2 aromatic rings. The van der Waals surface area contributed by atoms with Crippen LogP contribution in [-0.2, 0) is 6.42 Å². The largest absolute Gasteiger partial charge is 0.290 e. The SMILES string of the molecule is CCc1cc2c(=O)[nH]nc(C(C)C)n2n1. The van der Waals surface area contributed by atoms with Gasteiger partial charge in [0.1, 0.15) is 5.52 Å². The molecule has 0 aliphatic rings. The Bertz CT molecular complexity index is 538. The summed E-state index contributed by atoms with van der Waals surface area (Å²) in [4.78, 5) is 11.5. The molecule has 5 nitrogen and oxygen atoms in total. The van der Waals surface area contributed by atoms with Crippen molar-refractivity contribution in [3.05, 3.63) is 27.9 Å². The summed E-state index contributed by atoms with van der Waals surface area (Å²) in [6, 6.07) is 1.81. The maximum atomic E-state index is 11.5. The van der Waals surface area contributed by atoms with Crippen molar-refractivity contribution >= 4 is 5.52 Å². The van der Waals surface area contributed by atoms with Crippen molar-refractivity contribution in [2.24, 2.45) is 0 Å². The van der Waals surface area contributed by atoms with E-state index in [1.165, 1.54) is 0 Å². The molecule has 1 N–H and O–H groups in total. The predicted molar refractivity (Wildman–Crippen MR) is 57.1 cm³/mol. The predicted octanol–water partition coefficient (Wildman–Crippen LogP) is 1.10. The molecule has 2 rings (SSSR count). The first-order chi connectivity index (χ1) is 7.13. The molecule has 0 atom stereocenters. The molecule has 0 saturated carbocycles. The standard InChI is InChI=1S/C10H14N4O/c1-4-7-5-8-10(15)12-11-9(6(2)3)14(8)13-7/h5-6H,4H2,1-3H3,(H,12,15). The molecule has 0 aliphatic heterocycles. The fourth-order valence-electron chi connectivity index (χ4n) is 1.53. The van der Waals surface area contributed by atoms with Crippen molar-refractivity contribution in [1.82, 2.24) is 19.8 Å². The average Bonchev–Trinajstić information content (AvgIpc) is 2.62. The Morgan fingerprint density at radius 1 is 1.53 bits per heavy atom. The molecular formula is C10H14N4O. The second kappa shape index (κ2) is 3.49. The number of fused-ring (bicyclic) bond motifs is 1. The molecule has 0 aromatic carbocycles. The maximum absolute atomic E-state index is 11.5. The summed E-state index contributed by atoms with van der Waals surface area (Å²) in [5.41, 5.74) is 1.30. The van der Waals surface area contributed by atoms with Crippen LogP contribution < -0.4 is 5.56 Å². The normalized spacial score (nSPS) is 11.5. The fourth-order valence-corrected chi connectivity index (χ4v) is 1.53. The van der Waals surface area contributed by atoms with E-state index < -0.39 is 0 Å². The van der Waals surface area contributed by atoms with Crippen LogP contribution >= 0.6 is 0 Å². The van der Waals surface area contributed by atoms with Crippen LogP contribution in [0.3, 0.4) is 0 Å². The third-order valence-corrected chi connectivity index (χ3v) is 2.36. The number of aromatic nitrogens is 4. The number of hydrogen-bond acceptors (Lipinski definition) is 3. The summed E-state index contributed by atoms with van der Waals surface area (Å²) in [6.45, 7) is 6.05. The monoisotopic (exact) mass is 206 g/mol. The summed E-state index contributed by atoms with van der Waals surface area (Å²) in [5, 5.41) is 10.9. The quantitative estimate of drug-likeness (QED) is 0.800. The van der Waals surface area contributed by atoms with Crippen molar-refractivity contribution in [1.29, 1.82) is 0 Å². The molecule has 0 unspecified atom stereocenters. The van der Waals surface area contributed by atoms with Crippen LogP contribution in [0.1, 0.15) is 38.2 Å². The Labute approximate surface area is 87.1 Å². The third-order valence-electron chi connectivity index (χ3n) is 2.36. The van der Waals surface area contributed by atoms with Crippen LogP contribution in [0.2, 0.25) is 0 Å². The van der Waals surface area contributed by atoms with E-state index >= 15 is 0 Å². The summed E-state index contributed by atoms with van der Waals surface area (Å²) < 4.78 is 1.64. The van der Waals surface area contributed by atoms with E-state index in [9.17, 15) is 4.79 Å². The molecule has 0 radical (unpaired) electrons. The number of nitrogens with zero attached hydrogens (tertiary/aromatic N) is 3. The second-order valence-corrected chi connectivity index (χ2v) is 3.85. The van der Waals surface area contributed by atoms with E-state index in [4.69, 9.17) is 0 Å². The highest BCUT2D eigenvalue weighted by Gasteiger charge is 2.11. The topological polar surface area (TPSA) is 63.0 Å². The lowest BCUT2D eigenvalue weighted by Crippen LogP contribution is -2.17. The van der Waals surface area contributed by atoms with Gasteiger partial charge in [-0.2, -0.15) is 10.2 Å². The van der Waals surface area contributed by atoms with Gasteiger partial charge in [0.05, 0.1) is 5.69 Å². The second-order valence-electron chi connectivity index (χ2n) is 3.85. The first kappa shape index (κ1) is 9.89. The third kappa shape index (κ3) is 1.54. The van der Waals surface area contributed by atoms with Crippen molar-refractivity contribution in [2.45, 2.75) is 33.1 Å². The van der Waals surface area contributed by atoms with E-state index in [0.717, 1.165) is 17.9 Å². The molecule has 2 aromatic heterocycles. The van der Waals surface area contributed by atoms with Gasteiger partial charge in [-0.3, -0.25) is 4.79 Å². The summed E-state index contributed by atoms with van der Waals surface area (Å²) >= 11 is 0. The van der Waals surface area contributed by atoms with Gasteiger partial charge in [0, 0.05) is 5.92 Å². The molecule has 0 aliphatic carbocycles. The number of H-pyrrole nitrogens is 1. The van der Waals surface area contributed by atoms with Crippen LogP contribution in [0.4, 0.5) is 0 Å². The summed E-state index contributed by atoms with van der Waals surface area (Å²) in [5.74, 6) is 1.01. The summed E-state index contributed by atoms with van der Waals surface area (Å²) in [6.07, 6.45) is 0.818. The van der Waals surface area contributed by atoms with Crippen molar-refractivity contribution in [3.63, 3.8) is 0 Å². The molecule has 0 bridgehead atoms. The first-order valence-corrected chi connectivity index (χ1v) is 5.10. The highest BCUT2D eigenvalue weighted by molar-refractivity contribution is 5.45. The average molecular weight is 206 g/mol. The van der Waals surface area contributed by atoms with E-state index in [1.54, 1.807) is 4.52 Å². The van der Waals surface area contributed by atoms with E-state index in [1.807, 2.05) is 26.8 Å². The minimum atomic E-state index is -0.188. The highest BCUT2D eigenvalue weighted by atomic mass is 16.1. The Morgan fingerprint density at radius 2 is 2.27 bits per heavy atom. The van der Waals surface area contributed by atoms with Crippen molar-refractivity contribution in [2.75, 3.05) is 0 Å². The number of hydrogen-bond donors (Lipinski definition) is 1. The van der Waals surface area contributed by atoms with Gasteiger partial charge in [0.15, 0.2) is 5.82 Å². The smallest absolute Gasteiger partial charge is 0.266 e. The first-order valence-electron chi connectivity index (χ1n) is 5.10. The Kier molecular flexibility index (Phi) is 2.30. The number of aromatic amines is 1. The van der Waals surface area contributed by atoms with Crippen LogP contribution in [0.5, 0.6) is 0 Å². The van der Waals surface area contributed by atoms with Gasteiger partial charge >= 0.3 is 0 Å². The van der Waals surface area contributed by atoms with Crippen LogP contribution in [0.15, 0.2) is 10.9 Å². The van der Waals surface area contributed by atoms with Gasteiger partial charge in [0.2, 0.25) is 0 Å². The molecule has 0 amide bonds. The lowest BCUT2D eigenvalue weighted by atomic mass is 10.2. The van der Waals surface area contributed by atoms with Gasteiger partial charge in [-0.05, 0) is 12.5 Å². The fraction of sp³-hybridized carbons (Fsp3) is 0.500. The Balaban J connectivity index is 2.80. The van der Waals surface area contributed by atoms with Crippen LogP contribution in [0.25, 0.3) is 5.52 Å². The molecule has 0 fully saturated rings. The molecule has 15 heavy (non-hydrogen) atoms. The Hall–Kier alpha value is -1.65. The summed E-state index contributed by atoms with van der Waals surface area (Å²) in [7, 11) is 0. The zero-order valence-corrected chi connectivity index (χ0v) is 9.11. The molecule has 2 heterocycles. The number of aryl methyl sites for hydroxylation is 1. The minimum Gasteiger partial charge on any atom is -0.266 e. The van der Waals surface area contributed by atoms with Crippen molar-refractivity contribution < 1.29 is 0 Å². The van der Waals surface area contributed by atoms with Crippen LogP contribution in [-0.4, -0.2) is 19.8 Å². The van der Waals surface area contributed by atoms with Gasteiger partial charge in [-0.25, -0.2) is 9.61 Å². The van der Waals surface area contributed by atoms with Gasteiger partial charge in [0.25, 0.3) is 5.56 Å². The lowest BCUT2D eigenvalue weighted by molar-refractivity contribution is 0.671. The number of rotatable bonds is 2. The minimum absolute atomic E-state index is 0.188. The molecule has 5 heteroatoms. The molecular weight excluding hydrogens is 192 g/mol. The Morgan fingerprint density at radius 3 is 2.87 bits per heavy atom. The lowest BCUT2D eigenvalue weighted by Gasteiger charge is -2.04. The zero-order valence-electron chi connectivity index (χ0n) is 9.11. The van der Waals surface area contributed by atoms with Crippen molar-refractivity contribution in [3.8, 4) is 0 Å². The molecule has 80 valence electrons. The number of nitrogens with one attached hydrogen (secondary N) is 1. The van der Waals surface area contributed by atoms with E-state index in [2.05, 4.69) is 15.3 Å². The van der Waals surface area contributed by atoms with E-state index in [0.29, 0.717) is 5.52 Å². The van der Waals surface area contributed by atoms with Gasteiger partial charge < -0.3 is 0 Å². The van der Waals surface area contributed by atoms with Gasteiger partial charge in [-0.15, -0.1) is 0 Å². The van der Waals surface area contributed by atoms with E-state index in [-0.39, 0.29) is 11.5 Å². The zero-order chi connectivity index (χ0) is 11.0. The molecule has 0 saturated heterocycles.